The molecule has 1 fully saturated rings. The number of hydrogen-bond donors (Lipinski definition) is 1. The number of furan rings is 1. The van der Waals surface area contributed by atoms with Gasteiger partial charge in [0.2, 0.25) is 10.0 Å². The number of sulfonamides is 1. The molecule has 3 aromatic rings. The second kappa shape index (κ2) is 7.03. The quantitative estimate of drug-likeness (QED) is 0.717. The minimum absolute atomic E-state index is 0.00657. The molecule has 2 heterocycles. The summed E-state index contributed by atoms with van der Waals surface area (Å²) in [5, 5.41) is 3.17. The molecule has 6 nitrogen and oxygen atoms in total. The van der Waals surface area contributed by atoms with Crippen LogP contribution in [0.25, 0.3) is 11.0 Å². The van der Waals surface area contributed by atoms with Crippen LogP contribution in [0.1, 0.15) is 29.0 Å². The molecular formula is C20H19FN2O4S. The third kappa shape index (κ3) is 3.18. The monoisotopic (exact) mass is 402 g/mol. The first-order valence-corrected chi connectivity index (χ1v) is 10.4. The van der Waals surface area contributed by atoms with Crippen LogP contribution in [0, 0.1) is 12.7 Å². The highest BCUT2D eigenvalue weighted by Crippen LogP contribution is 2.28. The number of fused-ring (bicyclic) bond motifs is 1. The van der Waals surface area contributed by atoms with Crippen molar-refractivity contribution in [3.63, 3.8) is 0 Å². The van der Waals surface area contributed by atoms with E-state index in [9.17, 15) is 17.6 Å². The van der Waals surface area contributed by atoms with Crippen molar-refractivity contribution in [1.82, 2.24) is 4.31 Å². The van der Waals surface area contributed by atoms with Gasteiger partial charge in [-0.1, -0.05) is 18.2 Å². The maximum Gasteiger partial charge on any atom is 0.291 e. The number of aryl methyl sites for hydroxylation is 1. The Bertz CT molecular complexity index is 1160. The smallest absolute Gasteiger partial charge is 0.291 e. The van der Waals surface area contributed by atoms with Gasteiger partial charge in [0.25, 0.3) is 5.91 Å². The van der Waals surface area contributed by atoms with Gasteiger partial charge >= 0.3 is 0 Å². The predicted octanol–water partition coefficient (Wildman–Crippen LogP) is 3.92. The Labute approximate surface area is 162 Å². The zero-order valence-electron chi connectivity index (χ0n) is 15.2. The first kappa shape index (κ1) is 18.6. The lowest BCUT2D eigenvalue weighted by Crippen LogP contribution is -2.27. The molecule has 0 aliphatic carbocycles. The summed E-state index contributed by atoms with van der Waals surface area (Å²) in [4.78, 5) is 12.8. The number of carbonyl (C=O) groups is 1. The van der Waals surface area contributed by atoms with Gasteiger partial charge in [0.15, 0.2) is 17.2 Å². The second-order valence-corrected chi connectivity index (χ2v) is 8.70. The summed E-state index contributed by atoms with van der Waals surface area (Å²) in [5.74, 6) is -1.12. The SMILES string of the molecule is Cc1c(C(=O)Nc2cccc(S(=O)(=O)N3CCCC3)c2)oc2c(F)cccc12. The van der Waals surface area contributed by atoms with Gasteiger partial charge in [-0.15, -0.1) is 0 Å². The van der Waals surface area contributed by atoms with Gasteiger partial charge in [-0.3, -0.25) is 4.79 Å². The van der Waals surface area contributed by atoms with E-state index in [1.165, 1.54) is 22.5 Å². The molecule has 28 heavy (non-hydrogen) atoms. The third-order valence-electron chi connectivity index (χ3n) is 4.92. The fraction of sp³-hybridized carbons (Fsp3) is 0.250. The molecule has 1 aliphatic rings. The molecule has 2 aromatic carbocycles. The van der Waals surface area contributed by atoms with Crippen LogP contribution in [-0.2, 0) is 10.0 Å². The van der Waals surface area contributed by atoms with E-state index in [4.69, 9.17) is 4.42 Å². The third-order valence-corrected chi connectivity index (χ3v) is 6.81. The lowest BCUT2D eigenvalue weighted by molar-refractivity contribution is 0.0997. The zero-order chi connectivity index (χ0) is 19.9. The van der Waals surface area contributed by atoms with E-state index in [-0.39, 0.29) is 16.2 Å². The Hall–Kier alpha value is -2.71. The number of halogens is 1. The van der Waals surface area contributed by atoms with E-state index in [0.717, 1.165) is 12.8 Å². The maximum atomic E-state index is 13.9. The number of anilines is 1. The standard InChI is InChI=1S/C20H19FN2O4S/c1-13-16-8-5-9-17(21)19(16)27-18(13)20(24)22-14-6-4-7-15(12-14)28(25,26)23-10-2-3-11-23/h4-9,12H,2-3,10-11H2,1H3,(H,22,24). The normalized spacial score (nSPS) is 15.2. The van der Waals surface area contributed by atoms with Gasteiger partial charge < -0.3 is 9.73 Å². The minimum atomic E-state index is -3.59. The highest BCUT2D eigenvalue weighted by atomic mass is 32.2. The summed E-state index contributed by atoms with van der Waals surface area (Å²) in [6, 6.07) is 10.6. The predicted molar refractivity (Wildman–Crippen MR) is 103 cm³/mol. The molecule has 1 aromatic heterocycles. The number of hydrogen-bond acceptors (Lipinski definition) is 4. The van der Waals surface area contributed by atoms with E-state index < -0.39 is 21.7 Å². The van der Waals surface area contributed by atoms with Crippen LogP contribution < -0.4 is 5.32 Å². The molecule has 1 aliphatic heterocycles. The van der Waals surface area contributed by atoms with Gasteiger partial charge in [-0.25, -0.2) is 12.8 Å². The van der Waals surface area contributed by atoms with Crippen LogP contribution in [0.15, 0.2) is 51.8 Å². The largest absolute Gasteiger partial charge is 0.448 e. The van der Waals surface area contributed by atoms with Crippen molar-refractivity contribution in [3.05, 3.63) is 59.6 Å². The molecule has 0 bridgehead atoms. The zero-order valence-corrected chi connectivity index (χ0v) is 16.1. The van der Waals surface area contributed by atoms with Crippen LogP contribution in [-0.4, -0.2) is 31.7 Å². The Morgan fingerprint density at radius 2 is 1.86 bits per heavy atom. The molecule has 1 saturated heterocycles. The fourth-order valence-corrected chi connectivity index (χ4v) is 4.99. The molecule has 8 heteroatoms. The molecular weight excluding hydrogens is 383 g/mol. The summed E-state index contributed by atoms with van der Waals surface area (Å²) in [6.45, 7) is 2.68. The Kier molecular flexibility index (Phi) is 4.68. The van der Waals surface area contributed by atoms with Crippen molar-refractivity contribution in [2.24, 2.45) is 0 Å². The van der Waals surface area contributed by atoms with Crippen LogP contribution in [0.2, 0.25) is 0 Å². The average Bonchev–Trinajstić information content (AvgIpc) is 3.32. The van der Waals surface area contributed by atoms with Crippen molar-refractivity contribution >= 4 is 32.6 Å². The summed E-state index contributed by atoms with van der Waals surface area (Å²) >= 11 is 0. The topological polar surface area (TPSA) is 79.6 Å². The fourth-order valence-electron chi connectivity index (χ4n) is 3.43. The molecule has 1 amide bonds. The van der Waals surface area contributed by atoms with Crippen LogP contribution in [0.5, 0.6) is 0 Å². The minimum Gasteiger partial charge on any atom is -0.448 e. The van der Waals surface area contributed by atoms with Gasteiger partial charge in [0.05, 0.1) is 4.90 Å². The molecule has 0 spiro atoms. The number of amides is 1. The molecule has 146 valence electrons. The van der Waals surface area contributed by atoms with E-state index in [1.54, 1.807) is 31.2 Å². The molecule has 0 unspecified atom stereocenters. The Balaban J connectivity index is 1.62. The van der Waals surface area contributed by atoms with Crippen molar-refractivity contribution in [1.29, 1.82) is 0 Å². The van der Waals surface area contributed by atoms with Gasteiger partial charge in [0.1, 0.15) is 0 Å². The second-order valence-electron chi connectivity index (χ2n) is 6.77. The Morgan fingerprint density at radius 3 is 2.57 bits per heavy atom. The lowest BCUT2D eigenvalue weighted by atomic mass is 10.1. The molecule has 0 saturated carbocycles. The molecule has 1 N–H and O–H groups in total. The number of nitrogens with one attached hydrogen (secondary N) is 1. The number of carbonyl (C=O) groups excluding carboxylic acids is 1. The van der Waals surface area contributed by atoms with Crippen molar-refractivity contribution in [2.45, 2.75) is 24.7 Å². The van der Waals surface area contributed by atoms with Crippen molar-refractivity contribution in [2.75, 3.05) is 18.4 Å². The number of para-hydroxylation sites is 1. The van der Waals surface area contributed by atoms with Crippen molar-refractivity contribution in [3.8, 4) is 0 Å². The maximum absolute atomic E-state index is 13.9. The van der Waals surface area contributed by atoms with E-state index >= 15 is 0 Å². The van der Waals surface area contributed by atoms with Crippen LogP contribution in [0.4, 0.5) is 10.1 Å². The molecule has 0 atom stereocenters. The summed E-state index contributed by atoms with van der Waals surface area (Å²) in [5.41, 5.74) is 0.869. The van der Waals surface area contributed by atoms with E-state index in [1.807, 2.05) is 0 Å². The lowest BCUT2D eigenvalue weighted by Gasteiger charge is -2.16. The Morgan fingerprint density at radius 1 is 1.14 bits per heavy atom. The summed E-state index contributed by atoms with van der Waals surface area (Å²) < 4.78 is 46.2. The van der Waals surface area contributed by atoms with E-state index in [2.05, 4.69) is 5.32 Å². The highest BCUT2D eigenvalue weighted by Gasteiger charge is 2.27. The highest BCUT2D eigenvalue weighted by molar-refractivity contribution is 7.89. The van der Waals surface area contributed by atoms with Crippen LogP contribution in [0.3, 0.4) is 0 Å². The molecule has 0 radical (unpaired) electrons. The van der Waals surface area contributed by atoms with Gasteiger partial charge in [0, 0.05) is 29.7 Å². The summed E-state index contributed by atoms with van der Waals surface area (Å²) in [7, 11) is -3.59. The van der Waals surface area contributed by atoms with Crippen molar-refractivity contribution < 1.29 is 22.0 Å². The number of rotatable bonds is 4. The first-order valence-electron chi connectivity index (χ1n) is 8.97. The van der Waals surface area contributed by atoms with E-state index in [0.29, 0.717) is 29.7 Å². The first-order chi connectivity index (χ1) is 13.4. The average molecular weight is 402 g/mol. The number of nitrogens with zero attached hydrogens (tertiary/aromatic N) is 1. The van der Waals surface area contributed by atoms with Gasteiger partial charge in [-0.05, 0) is 44.0 Å². The molecule has 4 rings (SSSR count). The number of benzene rings is 2. The van der Waals surface area contributed by atoms with Crippen LogP contribution >= 0.6 is 0 Å². The van der Waals surface area contributed by atoms with Gasteiger partial charge in [-0.2, -0.15) is 4.31 Å². The summed E-state index contributed by atoms with van der Waals surface area (Å²) in [6.07, 6.45) is 1.69.